The molecule has 1 aliphatic heterocycles. The van der Waals surface area contributed by atoms with E-state index in [2.05, 4.69) is 0 Å². The molecule has 2 atom stereocenters. The zero-order valence-electron chi connectivity index (χ0n) is 9.60. The highest BCUT2D eigenvalue weighted by Crippen LogP contribution is 2.24. The van der Waals surface area contributed by atoms with Crippen molar-refractivity contribution in [2.45, 2.75) is 32.2 Å². The van der Waals surface area contributed by atoms with Gasteiger partial charge in [0, 0.05) is 19.2 Å². The molecular weight excluding hydrogens is 233 g/mol. The molecule has 0 aromatic carbocycles. The van der Waals surface area contributed by atoms with E-state index in [0.717, 1.165) is 12.8 Å². The highest BCUT2D eigenvalue weighted by atomic mass is 32.2. The van der Waals surface area contributed by atoms with Gasteiger partial charge in [0.1, 0.15) is 0 Å². The quantitative estimate of drug-likeness (QED) is 0.787. The Morgan fingerprint density at radius 1 is 1.44 bits per heavy atom. The number of hydrogen-bond acceptors (Lipinski definition) is 3. The van der Waals surface area contributed by atoms with E-state index in [4.69, 9.17) is 5.11 Å². The number of hydrogen-bond donors (Lipinski definition) is 1. The van der Waals surface area contributed by atoms with Crippen LogP contribution in [-0.2, 0) is 10.0 Å². The van der Waals surface area contributed by atoms with Crippen LogP contribution in [0.15, 0.2) is 0 Å². The molecule has 1 N–H and O–H groups in total. The zero-order chi connectivity index (χ0) is 12.2. The SMILES string of the molecule is CC1CCC(CO)CN1S(=O)(=O)CCCF. The molecule has 0 saturated carbocycles. The van der Waals surface area contributed by atoms with Crippen LogP contribution >= 0.6 is 0 Å². The van der Waals surface area contributed by atoms with Crippen LogP contribution in [0.5, 0.6) is 0 Å². The van der Waals surface area contributed by atoms with Crippen molar-refractivity contribution in [1.82, 2.24) is 4.31 Å². The molecule has 0 aromatic rings. The Morgan fingerprint density at radius 2 is 2.12 bits per heavy atom. The topological polar surface area (TPSA) is 57.6 Å². The van der Waals surface area contributed by atoms with Crippen molar-refractivity contribution >= 4 is 10.0 Å². The van der Waals surface area contributed by atoms with E-state index in [1.807, 2.05) is 6.92 Å². The van der Waals surface area contributed by atoms with Gasteiger partial charge in [-0.1, -0.05) is 0 Å². The zero-order valence-corrected chi connectivity index (χ0v) is 10.4. The molecule has 0 radical (unpaired) electrons. The lowest BCUT2D eigenvalue weighted by atomic mass is 9.96. The summed E-state index contributed by atoms with van der Waals surface area (Å²) in [7, 11) is -3.36. The van der Waals surface area contributed by atoms with E-state index in [-0.39, 0.29) is 30.7 Å². The van der Waals surface area contributed by atoms with Crippen molar-refractivity contribution in [2.75, 3.05) is 25.6 Å². The van der Waals surface area contributed by atoms with Crippen LogP contribution in [-0.4, -0.2) is 49.5 Å². The average molecular weight is 253 g/mol. The van der Waals surface area contributed by atoms with Crippen molar-refractivity contribution in [1.29, 1.82) is 0 Å². The first-order valence-corrected chi connectivity index (χ1v) is 7.28. The second kappa shape index (κ2) is 5.93. The Bertz CT molecular complexity index is 307. The number of piperidine rings is 1. The van der Waals surface area contributed by atoms with Crippen LogP contribution in [0.2, 0.25) is 0 Å². The third kappa shape index (κ3) is 3.40. The highest BCUT2D eigenvalue weighted by Gasteiger charge is 2.32. The number of rotatable bonds is 5. The van der Waals surface area contributed by atoms with Crippen LogP contribution in [0, 0.1) is 5.92 Å². The van der Waals surface area contributed by atoms with Crippen molar-refractivity contribution in [2.24, 2.45) is 5.92 Å². The number of aliphatic hydroxyl groups is 1. The summed E-state index contributed by atoms with van der Waals surface area (Å²) in [5.74, 6) is -0.109. The second-order valence-corrected chi connectivity index (χ2v) is 6.44. The van der Waals surface area contributed by atoms with E-state index in [0.29, 0.717) is 6.54 Å². The van der Waals surface area contributed by atoms with Crippen molar-refractivity contribution in [3.8, 4) is 0 Å². The molecule has 1 fully saturated rings. The maximum Gasteiger partial charge on any atom is 0.214 e. The fourth-order valence-corrected chi connectivity index (χ4v) is 3.84. The summed E-state index contributed by atoms with van der Waals surface area (Å²) in [6.45, 7) is 1.64. The first kappa shape index (κ1) is 13.9. The summed E-state index contributed by atoms with van der Waals surface area (Å²) < 4.78 is 37.2. The van der Waals surface area contributed by atoms with Crippen LogP contribution in [0.3, 0.4) is 0 Å². The summed E-state index contributed by atoms with van der Waals surface area (Å²) in [6.07, 6.45) is 1.67. The number of sulfonamides is 1. The molecule has 1 heterocycles. The Morgan fingerprint density at radius 3 is 2.69 bits per heavy atom. The minimum Gasteiger partial charge on any atom is -0.396 e. The number of halogens is 1. The maximum absolute atomic E-state index is 12.0. The predicted octanol–water partition coefficient (Wildman–Crippen LogP) is 0.769. The van der Waals surface area contributed by atoms with Crippen LogP contribution in [0.25, 0.3) is 0 Å². The molecule has 2 unspecified atom stereocenters. The van der Waals surface area contributed by atoms with E-state index in [9.17, 15) is 12.8 Å². The molecule has 0 aromatic heterocycles. The summed E-state index contributed by atoms with van der Waals surface area (Å²) >= 11 is 0. The molecule has 0 amide bonds. The normalized spacial score (nSPS) is 28.2. The van der Waals surface area contributed by atoms with Gasteiger partial charge in [0.15, 0.2) is 0 Å². The molecule has 96 valence electrons. The molecule has 1 rings (SSSR count). The minimum absolute atomic E-state index is 0.0157. The highest BCUT2D eigenvalue weighted by molar-refractivity contribution is 7.89. The van der Waals surface area contributed by atoms with Gasteiger partial charge in [-0.25, -0.2) is 8.42 Å². The largest absolute Gasteiger partial charge is 0.396 e. The molecule has 0 aliphatic carbocycles. The summed E-state index contributed by atoms with van der Waals surface area (Å²) in [5.41, 5.74) is 0. The number of alkyl halides is 1. The standard InChI is InChI=1S/C10H20FNO3S/c1-9-3-4-10(8-13)7-12(9)16(14,15)6-2-5-11/h9-10,13H,2-8H2,1H3. The van der Waals surface area contributed by atoms with Crippen LogP contribution in [0.4, 0.5) is 4.39 Å². The lowest BCUT2D eigenvalue weighted by Crippen LogP contribution is -2.47. The number of aliphatic hydroxyl groups excluding tert-OH is 1. The number of nitrogens with zero attached hydrogens (tertiary/aromatic N) is 1. The Balaban J connectivity index is 2.68. The summed E-state index contributed by atoms with van der Waals surface area (Å²) in [6, 6.07) is -0.0348. The molecule has 1 aliphatic rings. The van der Waals surface area contributed by atoms with Gasteiger partial charge >= 0.3 is 0 Å². The first-order valence-electron chi connectivity index (χ1n) is 5.67. The van der Waals surface area contributed by atoms with Crippen molar-refractivity contribution in [3.05, 3.63) is 0 Å². The van der Waals surface area contributed by atoms with Gasteiger partial charge in [-0.3, -0.25) is 4.39 Å². The van der Waals surface area contributed by atoms with Crippen molar-refractivity contribution < 1.29 is 17.9 Å². The van der Waals surface area contributed by atoms with Gasteiger partial charge in [0.2, 0.25) is 10.0 Å². The maximum atomic E-state index is 12.0. The third-order valence-corrected chi connectivity index (χ3v) is 5.10. The molecule has 6 heteroatoms. The van der Waals surface area contributed by atoms with Crippen LogP contribution < -0.4 is 0 Å². The first-order chi connectivity index (χ1) is 7.51. The summed E-state index contributed by atoms with van der Waals surface area (Å²) in [4.78, 5) is 0. The van der Waals surface area contributed by atoms with E-state index in [1.54, 1.807) is 0 Å². The molecule has 1 saturated heterocycles. The lowest BCUT2D eigenvalue weighted by molar-refractivity contribution is 0.139. The van der Waals surface area contributed by atoms with E-state index >= 15 is 0 Å². The molecule has 0 spiro atoms. The third-order valence-electron chi connectivity index (χ3n) is 3.07. The predicted molar refractivity (Wildman–Crippen MR) is 60.4 cm³/mol. The Kier molecular flexibility index (Phi) is 5.14. The Labute approximate surface area is 96.5 Å². The molecular formula is C10H20FNO3S. The Hall–Kier alpha value is -0.200. The second-order valence-electron chi connectivity index (χ2n) is 4.40. The fraction of sp³-hybridized carbons (Fsp3) is 1.00. The summed E-state index contributed by atoms with van der Waals surface area (Å²) in [5, 5.41) is 9.06. The monoisotopic (exact) mass is 253 g/mol. The van der Waals surface area contributed by atoms with Gasteiger partial charge in [0.25, 0.3) is 0 Å². The van der Waals surface area contributed by atoms with Crippen molar-refractivity contribution in [3.63, 3.8) is 0 Å². The average Bonchev–Trinajstić information content (AvgIpc) is 2.27. The van der Waals surface area contributed by atoms with Gasteiger partial charge in [-0.15, -0.1) is 0 Å². The molecule has 0 bridgehead atoms. The fourth-order valence-electron chi connectivity index (χ4n) is 2.04. The van der Waals surface area contributed by atoms with Crippen LogP contribution in [0.1, 0.15) is 26.2 Å². The molecule has 16 heavy (non-hydrogen) atoms. The van der Waals surface area contributed by atoms with E-state index in [1.165, 1.54) is 4.31 Å². The van der Waals surface area contributed by atoms with E-state index < -0.39 is 16.7 Å². The van der Waals surface area contributed by atoms with Gasteiger partial charge in [-0.2, -0.15) is 4.31 Å². The molecule has 4 nitrogen and oxygen atoms in total. The van der Waals surface area contributed by atoms with Gasteiger partial charge < -0.3 is 5.11 Å². The van der Waals surface area contributed by atoms with Gasteiger partial charge in [0.05, 0.1) is 12.4 Å². The van der Waals surface area contributed by atoms with Gasteiger partial charge in [-0.05, 0) is 32.1 Å². The minimum atomic E-state index is -3.36. The smallest absolute Gasteiger partial charge is 0.214 e. The lowest BCUT2D eigenvalue weighted by Gasteiger charge is -2.36.